The van der Waals surface area contributed by atoms with Crippen LogP contribution in [0.15, 0.2) is 23.3 Å². The molecule has 0 aliphatic carbocycles. The average molecular weight is 357 g/mol. The summed E-state index contributed by atoms with van der Waals surface area (Å²) in [6, 6.07) is 0. The van der Waals surface area contributed by atoms with Crippen molar-refractivity contribution in [2.24, 2.45) is 0 Å². The third-order valence-electron chi connectivity index (χ3n) is 4.32. The predicted molar refractivity (Wildman–Crippen MR) is 104 cm³/mol. The summed E-state index contributed by atoms with van der Waals surface area (Å²) in [5.41, 5.74) is 2.95. The zero-order valence-corrected chi connectivity index (χ0v) is 16.6. The summed E-state index contributed by atoms with van der Waals surface area (Å²) in [5.74, 6) is 2.59. The van der Waals surface area contributed by atoms with Crippen LogP contribution in [0.5, 0.6) is 0 Å². The second kappa shape index (κ2) is 10.2. The highest BCUT2D eigenvalue weighted by Crippen LogP contribution is 2.49. The van der Waals surface area contributed by atoms with Gasteiger partial charge in [-0.05, 0) is 64.4 Å². The summed E-state index contributed by atoms with van der Waals surface area (Å²) < 4.78 is 11.6. The first-order chi connectivity index (χ1) is 11.1. The maximum absolute atomic E-state index is 5.63. The highest BCUT2D eigenvalue weighted by molar-refractivity contribution is 8.18. The van der Waals surface area contributed by atoms with Crippen LogP contribution >= 0.6 is 23.5 Å². The lowest BCUT2D eigenvalue weighted by Crippen LogP contribution is -2.26. The van der Waals surface area contributed by atoms with Crippen LogP contribution in [0, 0.1) is 0 Å². The van der Waals surface area contributed by atoms with Gasteiger partial charge in [0.1, 0.15) is 0 Å². The van der Waals surface area contributed by atoms with Gasteiger partial charge in [-0.15, -0.1) is 23.5 Å². The van der Waals surface area contributed by atoms with Crippen LogP contribution in [0.1, 0.15) is 59.3 Å². The van der Waals surface area contributed by atoms with Crippen molar-refractivity contribution in [3.63, 3.8) is 0 Å². The first kappa shape index (κ1) is 19.4. The second-order valence-electron chi connectivity index (χ2n) is 6.75. The fraction of sp³-hybridized carbons (Fsp3) is 0.789. The molecule has 2 nitrogen and oxygen atoms in total. The molecular weight excluding hydrogens is 324 g/mol. The summed E-state index contributed by atoms with van der Waals surface area (Å²) >= 11 is 4.32. The summed E-state index contributed by atoms with van der Waals surface area (Å²) in [7, 11) is 0. The zero-order chi connectivity index (χ0) is 16.5. The molecule has 0 unspecified atom stereocenters. The molecule has 0 N–H and O–H groups in total. The molecule has 2 aliphatic heterocycles. The molecule has 2 aliphatic rings. The Labute approximate surface area is 150 Å². The fourth-order valence-electron chi connectivity index (χ4n) is 2.91. The normalized spacial score (nSPS) is 22.3. The van der Waals surface area contributed by atoms with E-state index in [2.05, 4.69) is 56.4 Å². The number of allylic oxidation sites excluding steroid dienone is 4. The molecule has 0 atom stereocenters. The van der Waals surface area contributed by atoms with Gasteiger partial charge in [-0.1, -0.05) is 23.3 Å². The summed E-state index contributed by atoms with van der Waals surface area (Å²) in [6.07, 6.45) is 12.0. The average Bonchev–Trinajstić information content (AvgIpc) is 3.05. The van der Waals surface area contributed by atoms with E-state index in [-0.39, 0.29) is 6.29 Å². The van der Waals surface area contributed by atoms with Crippen molar-refractivity contribution in [1.29, 1.82) is 0 Å². The minimum atomic E-state index is 0.0396. The lowest BCUT2D eigenvalue weighted by Gasteiger charge is -2.36. The van der Waals surface area contributed by atoms with Crippen molar-refractivity contribution in [2.75, 3.05) is 24.7 Å². The summed E-state index contributed by atoms with van der Waals surface area (Å²) in [6.45, 7) is 8.17. The van der Waals surface area contributed by atoms with Gasteiger partial charge in [0, 0.05) is 6.42 Å². The largest absolute Gasteiger partial charge is 0.350 e. The standard InChI is InChI=1S/C19H32O2S2/c1-16(2)6-4-7-17(3)8-10-19(22-14-5-15-23-19)11-9-18-20-12-13-21-18/h6,8,18H,4-5,7,9-15H2,1-3H3/b17-8-. The molecule has 2 heterocycles. The van der Waals surface area contributed by atoms with E-state index in [1.54, 1.807) is 0 Å². The molecule has 0 aromatic carbocycles. The van der Waals surface area contributed by atoms with E-state index >= 15 is 0 Å². The van der Waals surface area contributed by atoms with E-state index in [4.69, 9.17) is 9.47 Å². The summed E-state index contributed by atoms with van der Waals surface area (Å²) in [4.78, 5) is 0. The lowest BCUT2D eigenvalue weighted by molar-refractivity contribution is -0.0480. The Morgan fingerprint density at radius 2 is 1.78 bits per heavy atom. The van der Waals surface area contributed by atoms with Gasteiger partial charge in [-0.2, -0.15) is 0 Å². The second-order valence-corrected chi connectivity index (χ2v) is 9.96. The Morgan fingerprint density at radius 3 is 2.43 bits per heavy atom. The van der Waals surface area contributed by atoms with Crippen LogP contribution in [0.2, 0.25) is 0 Å². The number of hydrogen-bond acceptors (Lipinski definition) is 4. The van der Waals surface area contributed by atoms with Gasteiger partial charge in [0.25, 0.3) is 0 Å². The Hall–Kier alpha value is 0.1000. The van der Waals surface area contributed by atoms with Gasteiger partial charge in [-0.3, -0.25) is 0 Å². The topological polar surface area (TPSA) is 18.5 Å². The minimum Gasteiger partial charge on any atom is -0.350 e. The molecule has 2 fully saturated rings. The highest BCUT2D eigenvalue weighted by Gasteiger charge is 2.34. The molecule has 0 spiro atoms. The Bertz CT molecular complexity index is 402. The molecule has 0 amide bonds. The maximum Gasteiger partial charge on any atom is 0.157 e. The summed E-state index contributed by atoms with van der Waals surface area (Å²) in [5, 5.41) is 0. The van der Waals surface area contributed by atoms with Crippen LogP contribution in [0.25, 0.3) is 0 Å². The number of rotatable bonds is 8. The van der Waals surface area contributed by atoms with Crippen molar-refractivity contribution >= 4 is 23.5 Å². The third kappa shape index (κ3) is 7.25. The predicted octanol–water partition coefficient (Wildman–Crippen LogP) is 5.79. The number of hydrogen-bond donors (Lipinski definition) is 0. The minimum absolute atomic E-state index is 0.0396. The van der Waals surface area contributed by atoms with E-state index in [0.29, 0.717) is 4.08 Å². The lowest BCUT2D eigenvalue weighted by atomic mass is 10.1. The Kier molecular flexibility index (Phi) is 8.59. The Morgan fingerprint density at radius 1 is 1.09 bits per heavy atom. The molecule has 23 heavy (non-hydrogen) atoms. The van der Waals surface area contributed by atoms with Gasteiger partial charge in [-0.25, -0.2) is 0 Å². The highest BCUT2D eigenvalue weighted by atomic mass is 32.2. The van der Waals surface area contributed by atoms with Crippen molar-refractivity contribution in [3.8, 4) is 0 Å². The van der Waals surface area contributed by atoms with Gasteiger partial charge in [0.15, 0.2) is 6.29 Å². The molecule has 0 bridgehead atoms. The fourth-order valence-corrected chi connectivity index (χ4v) is 6.18. The quantitative estimate of drug-likeness (QED) is 0.512. The van der Waals surface area contributed by atoms with Crippen LogP contribution in [0.4, 0.5) is 0 Å². The van der Waals surface area contributed by atoms with Gasteiger partial charge in [0.2, 0.25) is 0 Å². The molecule has 0 radical (unpaired) electrons. The molecule has 132 valence electrons. The van der Waals surface area contributed by atoms with E-state index in [9.17, 15) is 0 Å². The number of ether oxygens (including phenoxy) is 2. The van der Waals surface area contributed by atoms with Crippen molar-refractivity contribution in [3.05, 3.63) is 23.3 Å². The molecule has 0 aromatic heterocycles. The zero-order valence-electron chi connectivity index (χ0n) is 14.9. The first-order valence-corrected chi connectivity index (χ1v) is 10.9. The molecule has 0 saturated carbocycles. The van der Waals surface area contributed by atoms with E-state index in [0.717, 1.165) is 19.6 Å². The molecule has 4 heteroatoms. The van der Waals surface area contributed by atoms with Crippen LogP contribution in [0.3, 0.4) is 0 Å². The van der Waals surface area contributed by atoms with E-state index in [1.165, 1.54) is 54.8 Å². The van der Waals surface area contributed by atoms with Crippen LogP contribution in [-0.2, 0) is 9.47 Å². The van der Waals surface area contributed by atoms with Crippen LogP contribution < -0.4 is 0 Å². The van der Waals surface area contributed by atoms with Crippen molar-refractivity contribution in [1.82, 2.24) is 0 Å². The number of thioether (sulfide) groups is 2. The first-order valence-electron chi connectivity index (χ1n) is 8.90. The Balaban J connectivity index is 1.85. The molecule has 2 saturated heterocycles. The van der Waals surface area contributed by atoms with Crippen molar-refractivity contribution < 1.29 is 9.47 Å². The van der Waals surface area contributed by atoms with Gasteiger partial charge < -0.3 is 9.47 Å². The van der Waals surface area contributed by atoms with Gasteiger partial charge >= 0.3 is 0 Å². The van der Waals surface area contributed by atoms with Crippen LogP contribution in [-0.4, -0.2) is 35.1 Å². The molecule has 2 rings (SSSR count). The smallest absolute Gasteiger partial charge is 0.157 e. The monoisotopic (exact) mass is 356 g/mol. The van der Waals surface area contributed by atoms with Crippen molar-refractivity contribution in [2.45, 2.75) is 69.7 Å². The van der Waals surface area contributed by atoms with Gasteiger partial charge in [0.05, 0.1) is 17.3 Å². The SMILES string of the molecule is CC(C)=CCC/C(C)=C\CC1(CCC2OCCO2)SCCCS1. The third-order valence-corrected chi connectivity index (χ3v) is 7.81. The van der Waals surface area contributed by atoms with E-state index in [1.807, 2.05) is 0 Å². The van der Waals surface area contributed by atoms with E-state index < -0.39 is 0 Å². The molecular formula is C19H32O2S2. The maximum atomic E-state index is 5.63. The molecule has 0 aromatic rings.